The van der Waals surface area contributed by atoms with Gasteiger partial charge < -0.3 is 5.32 Å². The molecule has 0 aromatic carbocycles. The van der Waals surface area contributed by atoms with Gasteiger partial charge in [0.05, 0.1) is 0 Å². The van der Waals surface area contributed by atoms with E-state index in [4.69, 9.17) is 0 Å². The molecule has 3 fully saturated rings. The fourth-order valence-electron chi connectivity index (χ4n) is 3.34. The van der Waals surface area contributed by atoms with E-state index in [-0.39, 0.29) is 0 Å². The zero-order valence-electron chi connectivity index (χ0n) is 12.2. The molecule has 0 saturated heterocycles. The SMILES string of the molecule is CC(C)CNCC1CCC1N(CC1CC1)C1CC1. The molecule has 2 heteroatoms. The van der Waals surface area contributed by atoms with Gasteiger partial charge in [0.1, 0.15) is 0 Å². The molecule has 1 N–H and O–H groups in total. The molecule has 3 aliphatic rings. The van der Waals surface area contributed by atoms with Crippen molar-refractivity contribution in [1.82, 2.24) is 10.2 Å². The van der Waals surface area contributed by atoms with Crippen LogP contribution in [-0.2, 0) is 0 Å². The zero-order valence-corrected chi connectivity index (χ0v) is 12.2. The molecular formula is C16H30N2. The molecule has 3 saturated carbocycles. The zero-order chi connectivity index (χ0) is 12.5. The Labute approximate surface area is 113 Å². The largest absolute Gasteiger partial charge is 0.316 e. The van der Waals surface area contributed by atoms with Crippen molar-refractivity contribution in [3.63, 3.8) is 0 Å². The number of hydrogen-bond donors (Lipinski definition) is 1. The predicted molar refractivity (Wildman–Crippen MR) is 76.7 cm³/mol. The lowest BCUT2D eigenvalue weighted by molar-refractivity contribution is 0.0507. The lowest BCUT2D eigenvalue weighted by Crippen LogP contribution is -2.52. The Bertz CT molecular complexity index is 268. The van der Waals surface area contributed by atoms with E-state index in [0.717, 1.165) is 29.8 Å². The van der Waals surface area contributed by atoms with Crippen molar-refractivity contribution >= 4 is 0 Å². The molecule has 0 amide bonds. The molecule has 0 aromatic rings. The molecule has 104 valence electrons. The van der Waals surface area contributed by atoms with Crippen molar-refractivity contribution in [2.75, 3.05) is 19.6 Å². The number of nitrogens with zero attached hydrogens (tertiary/aromatic N) is 1. The summed E-state index contributed by atoms with van der Waals surface area (Å²) in [5.41, 5.74) is 0. The van der Waals surface area contributed by atoms with Crippen molar-refractivity contribution in [2.45, 2.75) is 64.5 Å². The van der Waals surface area contributed by atoms with E-state index in [1.54, 1.807) is 0 Å². The fourth-order valence-corrected chi connectivity index (χ4v) is 3.34. The van der Waals surface area contributed by atoms with E-state index in [0.29, 0.717) is 0 Å². The summed E-state index contributed by atoms with van der Waals surface area (Å²) in [6.45, 7) is 8.48. The van der Waals surface area contributed by atoms with Crippen molar-refractivity contribution in [3.8, 4) is 0 Å². The second-order valence-electron chi connectivity index (χ2n) is 7.33. The van der Waals surface area contributed by atoms with Crippen LogP contribution >= 0.6 is 0 Å². The van der Waals surface area contributed by atoms with E-state index < -0.39 is 0 Å². The van der Waals surface area contributed by atoms with Gasteiger partial charge in [-0.15, -0.1) is 0 Å². The first-order chi connectivity index (χ1) is 8.74. The maximum Gasteiger partial charge on any atom is 0.0139 e. The summed E-state index contributed by atoms with van der Waals surface area (Å²) in [5.74, 6) is 2.80. The molecule has 2 atom stereocenters. The monoisotopic (exact) mass is 250 g/mol. The van der Waals surface area contributed by atoms with Crippen LogP contribution in [0.2, 0.25) is 0 Å². The minimum atomic E-state index is 0.787. The molecule has 2 unspecified atom stereocenters. The number of rotatable bonds is 8. The van der Waals surface area contributed by atoms with E-state index >= 15 is 0 Å². The summed E-state index contributed by atoms with van der Waals surface area (Å²) in [7, 11) is 0. The molecule has 2 nitrogen and oxygen atoms in total. The first-order valence-electron chi connectivity index (χ1n) is 8.20. The van der Waals surface area contributed by atoms with Gasteiger partial charge in [-0.3, -0.25) is 4.90 Å². The average Bonchev–Trinajstić information content (AvgIpc) is 3.13. The molecular weight excluding hydrogens is 220 g/mol. The third-order valence-corrected chi connectivity index (χ3v) is 4.94. The summed E-state index contributed by atoms with van der Waals surface area (Å²) in [6.07, 6.45) is 8.91. The lowest BCUT2D eigenvalue weighted by atomic mass is 9.78. The molecule has 0 radical (unpaired) electrons. The van der Waals surface area contributed by atoms with Gasteiger partial charge in [-0.2, -0.15) is 0 Å². The Morgan fingerprint density at radius 2 is 1.83 bits per heavy atom. The van der Waals surface area contributed by atoms with Crippen LogP contribution < -0.4 is 5.32 Å². The van der Waals surface area contributed by atoms with Crippen molar-refractivity contribution in [1.29, 1.82) is 0 Å². The third kappa shape index (κ3) is 3.27. The van der Waals surface area contributed by atoms with Gasteiger partial charge in [0.2, 0.25) is 0 Å². The summed E-state index contributed by atoms with van der Waals surface area (Å²) >= 11 is 0. The predicted octanol–water partition coefficient (Wildman–Crippen LogP) is 2.89. The van der Waals surface area contributed by atoms with Crippen LogP contribution in [0.5, 0.6) is 0 Å². The second kappa shape index (κ2) is 5.50. The summed E-state index contributed by atoms with van der Waals surface area (Å²) in [4.78, 5) is 2.91. The Morgan fingerprint density at radius 3 is 2.33 bits per heavy atom. The first-order valence-corrected chi connectivity index (χ1v) is 8.20. The van der Waals surface area contributed by atoms with Crippen LogP contribution in [0.3, 0.4) is 0 Å². The highest BCUT2D eigenvalue weighted by atomic mass is 15.2. The van der Waals surface area contributed by atoms with Crippen LogP contribution in [0.4, 0.5) is 0 Å². The van der Waals surface area contributed by atoms with Gasteiger partial charge in [-0.05, 0) is 69.4 Å². The average molecular weight is 250 g/mol. The number of nitrogens with one attached hydrogen (secondary N) is 1. The molecule has 3 aliphatic carbocycles. The molecule has 0 heterocycles. The van der Waals surface area contributed by atoms with Crippen LogP contribution in [0.25, 0.3) is 0 Å². The molecule has 0 spiro atoms. The maximum atomic E-state index is 3.67. The van der Waals surface area contributed by atoms with Crippen LogP contribution in [0.1, 0.15) is 52.4 Å². The lowest BCUT2D eigenvalue weighted by Gasteiger charge is -2.45. The van der Waals surface area contributed by atoms with E-state index in [9.17, 15) is 0 Å². The van der Waals surface area contributed by atoms with Gasteiger partial charge in [0.15, 0.2) is 0 Å². The highest BCUT2D eigenvalue weighted by molar-refractivity contribution is 4.98. The van der Waals surface area contributed by atoms with Crippen LogP contribution in [-0.4, -0.2) is 36.6 Å². The van der Waals surface area contributed by atoms with E-state index in [1.807, 2.05) is 0 Å². The second-order valence-corrected chi connectivity index (χ2v) is 7.33. The first kappa shape index (κ1) is 12.9. The topological polar surface area (TPSA) is 15.3 Å². The van der Waals surface area contributed by atoms with E-state index in [2.05, 4.69) is 24.1 Å². The normalized spacial score (nSPS) is 32.0. The van der Waals surface area contributed by atoms with Crippen molar-refractivity contribution in [3.05, 3.63) is 0 Å². The minimum absolute atomic E-state index is 0.787. The summed E-state index contributed by atoms with van der Waals surface area (Å²) in [5, 5.41) is 3.67. The molecule has 18 heavy (non-hydrogen) atoms. The van der Waals surface area contributed by atoms with Crippen molar-refractivity contribution in [2.24, 2.45) is 17.8 Å². The third-order valence-electron chi connectivity index (χ3n) is 4.94. The fraction of sp³-hybridized carbons (Fsp3) is 1.00. The quantitative estimate of drug-likeness (QED) is 0.712. The van der Waals surface area contributed by atoms with Gasteiger partial charge in [0.25, 0.3) is 0 Å². The Morgan fingerprint density at radius 1 is 1.06 bits per heavy atom. The van der Waals surface area contributed by atoms with Gasteiger partial charge >= 0.3 is 0 Å². The molecule has 3 rings (SSSR count). The summed E-state index contributed by atoms with van der Waals surface area (Å²) in [6, 6.07) is 1.90. The van der Waals surface area contributed by atoms with Crippen LogP contribution in [0, 0.1) is 17.8 Å². The van der Waals surface area contributed by atoms with Crippen molar-refractivity contribution < 1.29 is 0 Å². The Kier molecular flexibility index (Phi) is 3.95. The van der Waals surface area contributed by atoms with Crippen LogP contribution in [0.15, 0.2) is 0 Å². The van der Waals surface area contributed by atoms with Gasteiger partial charge in [-0.25, -0.2) is 0 Å². The summed E-state index contributed by atoms with van der Waals surface area (Å²) < 4.78 is 0. The van der Waals surface area contributed by atoms with Gasteiger partial charge in [-0.1, -0.05) is 13.8 Å². The Hall–Kier alpha value is -0.0800. The smallest absolute Gasteiger partial charge is 0.0139 e. The highest BCUT2D eigenvalue weighted by Gasteiger charge is 2.43. The number of hydrogen-bond acceptors (Lipinski definition) is 2. The molecule has 0 aromatic heterocycles. The highest BCUT2D eigenvalue weighted by Crippen LogP contribution is 2.42. The molecule has 0 bridgehead atoms. The Balaban J connectivity index is 1.44. The van der Waals surface area contributed by atoms with E-state index in [1.165, 1.54) is 58.2 Å². The van der Waals surface area contributed by atoms with Gasteiger partial charge in [0, 0.05) is 18.6 Å². The standard InChI is InChI=1S/C16H30N2/c1-12(2)9-17-10-14-5-8-16(14)18(15-6-7-15)11-13-3-4-13/h12-17H,3-11H2,1-2H3. The maximum absolute atomic E-state index is 3.67. The molecule has 0 aliphatic heterocycles. The minimum Gasteiger partial charge on any atom is -0.316 e.